The van der Waals surface area contributed by atoms with E-state index in [-0.39, 0.29) is 22.7 Å². The van der Waals surface area contributed by atoms with Crippen LogP contribution >= 0.6 is 0 Å². The van der Waals surface area contributed by atoms with Crippen LogP contribution in [0.4, 0.5) is 10.1 Å². The van der Waals surface area contributed by atoms with Crippen molar-refractivity contribution >= 4 is 22.6 Å². The number of ether oxygens (including phenoxy) is 1. The van der Waals surface area contributed by atoms with Crippen LogP contribution in [0.1, 0.15) is 42.1 Å². The molecule has 7 nitrogen and oxygen atoms in total. The van der Waals surface area contributed by atoms with Crippen molar-refractivity contribution in [2.45, 2.75) is 31.7 Å². The number of hydrogen-bond donors (Lipinski definition) is 2. The molecule has 2 fully saturated rings. The number of carboxylic acids is 1. The number of piperidine rings is 1. The van der Waals surface area contributed by atoms with Gasteiger partial charge in [0.2, 0.25) is 5.43 Å². The molecular weight excluding hydrogens is 377 g/mol. The highest BCUT2D eigenvalue weighted by Gasteiger charge is 2.31. The summed E-state index contributed by atoms with van der Waals surface area (Å²) >= 11 is 0. The van der Waals surface area contributed by atoms with Crippen LogP contribution in [0.2, 0.25) is 0 Å². The molecule has 0 bridgehead atoms. The Bertz CT molecular complexity index is 1070. The van der Waals surface area contributed by atoms with Gasteiger partial charge in [-0.3, -0.25) is 4.79 Å². The van der Waals surface area contributed by atoms with Crippen molar-refractivity contribution in [3.63, 3.8) is 0 Å². The number of hydrogen-bond acceptors (Lipinski definition) is 5. The molecule has 2 aromatic rings. The minimum atomic E-state index is -1.32. The Morgan fingerprint density at radius 1 is 1.45 bits per heavy atom. The molecule has 0 spiro atoms. The van der Waals surface area contributed by atoms with Crippen LogP contribution in [0.25, 0.3) is 10.9 Å². The fraction of sp³-hybridized carbons (Fsp3) is 0.429. The van der Waals surface area contributed by atoms with Crippen molar-refractivity contribution in [3.8, 4) is 5.75 Å². The summed E-state index contributed by atoms with van der Waals surface area (Å²) in [6.45, 7) is 1.62. The molecular formula is C21H24FN3O4. The summed E-state index contributed by atoms with van der Waals surface area (Å²) < 4.78 is 22.7. The normalized spacial score (nSPS) is 18.4. The molecule has 2 aliphatic rings. The van der Waals surface area contributed by atoms with Crippen molar-refractivity contribution in [1.29, 1.82) is 0 Å². The Hall–Kier alpha value is -2.87. The quantitative estimate of drug-likeness (QED) is 0.748. The number of methoxy groups -OCH3 is 1. The monoisotopic (exact) mass is 401 g/mol. The van der Waals surface area contributed by atoms with Gasteiger partial charge in [0.1, 0.15) is 11.3 Å². The first-order chi connectivity index (χ1) is 14.0. The third kappa shape index (κ3) is 3.37. The largest absolute Gasteiger partial charge is 0.492 e. The number of benzene rings is 1. The van der Waals surface area contributed by atoms with E-state index in [1.165, 1.54) is 13.3 Å². The second kappa shape index (κ2) is 7.51. The molecule has 29 heavy (non-hydrogen) atoms. The first-order valence-electron chi connectivity index (χ1n) is 9.77. The average Bonchev–Trinajstić information content (AvgIpc) is 3.53. The van der Waals surface area contributed by atoms with Gasteiger partial charge in [0.25, 0.3) is 0 Å². The van der Waals surface area contributed by atoms with Gasteiger partial charge in [-0.25, -0.2) is 9.18 Å². The Morgan fingerprint density at radius 2 is 2.21 bits per heavy atom. The molecule has 0 unspecified atom stereocenters. The number of halogens is 1. The zero-order chi connectivity index (χ0) is 20.7. The van der Waals surface area contributed by atoms with E-state index in [1.54, 1.807) is 4.57 Å². The highest BCUT2D eigenvalue weighted by Crippen LogP contribution is 2.44. The third-order valence-electron chi connectivity index (χ3n) is 5.62. The zero-order valence-corrected chi connectivity index (χ0v) is 16.3. The van der Waals surface area contributed by atoms with Gasteiger partial charge >= 0.3 is 5.97 Å². The summed E-state index contributed by atoms with van der Waals surface area (Å²) in [6.07, 6.45) is 6.85. The summed E-state index contributed by atoms with van der Waals surface area (Å²) in [7, 11) is 1.45. The number of anilines is 1. The standard InChI is InChI=1S/C21H24FN3O4/c1-29-20-17-14(19(26)15(21(27)28)11-25(17)13-4-5-13)9-16(22)18(20)24-8-2-3-12(10-24)6-7-23/h6,9,11,13H,2-5,7-8,10,23H2,1H3,(H,27,28). The molecule has 3 N–H and O–H groups in total. The SMILES string of the molecule is COc1c(N2CCCC(=CCN)C2)c(F)cc2c(=O)c(C(=O)O)cn(C3CC3)c12. The van der Waals surface area contributed by atoms with E-state index in [2.05, 4.69) is 0 Å². The van der Waals surface area contributed by atoms with Gasteiger partial charge in [0, 0.05) is 31.9 Å². The topological polar surface area (TPSA) is 97.8 Å². The van der Waals surface area contributed by atoms with E-state index < -0.39 is 17.2 Å². The number of rotatable bonds is 5. The fourth-order valence-electron chi connectivity index (χ4n) is 4.15. The molecule has 1 aliphatic heterocycles. The Kier molecular flexibility index (Phi) is 5.04. The summed E-state index contributed by atoms with van der Waals surface area (Å²) in [5, 5.41) is 9.45. The van der Waals surface area contributed by atoms with E-state index in [4.69, 9.17) is 10.5 Å². The van der Waals surface area contributed by atoms with E-state index in [0.29, 0.717) is 30.8 Å². The van der Waals surface area contributed by atoms with E-state index in [0.717, 1.165) is 37.3 Å². The number of aromatic nitrogens is 1. The lowest BCUT2D eigenvalue weighted by Gasteiger charge is -2.32. The second-order valence-corrected chi connectivity index (χ2v) is 7.58. The smallest absolute Gasteiger partial charge is 0.341 e. The summed E-state index contributed by atoms with van der Waals surface area (Å²) in [5.74, 6) is -1.64. The lowest BCUT2D eigenvalue weighted by atomic mass is 10.0. The van der Waals surface area contributed by atoms with Crippen LogP contribution in [0.3, 0.4) is 0 Å². The van der Waals surface area contributed by atoms with Crippen molar-refractivity contribution in [2.24, 2.45) is 5.73 Å². The number of nitrogens with zero attached hydrogens (tertiary/aromatic N) is 2. The predicted molar refractivity (Wildman–Crippen MR) is 109 cm³/mol. The zero-order valence-electron chi connectivity index (χ0n) is 16.3. The van der Waals surface area contributed by atoms with Crippen molar-refractivity contribution < 1.29 is 19.0 Å². The molecule has 1 aromatic carbocycles. The molecule has 1 aromatic heterocycles. The van der Waals surface area contributed by atoms with Crippen LogP contribution in [0.15, 0.2) is 28.7 Å². The number of aromatic carboxylic acids is 1. The van der Waals surface area contributed by atoms with Gasteiger partial charge in [-0.05, 0) is 31.7 Å². The molecule has 8 heteroatoms. The minimum Gasteiger partial charge on any atom is -0.492 e. The van der Waals surface area contributed by atoms with Gasteiger partial charge in [-0.15, -0.1) is 0 Å². The summed E-state index contributed by atoms with van der Waals surface area (Å²) in [6, 6.07) is 1.24. The lowest BCUT2D eigenvalue weighted by Crippen LogP contribution is -2.33. The Balaban J connectivity index is 1.98. The Labute approximate surface area is 167 Å². The van der Waals surface area contributed by atoms with Crippen molar-refractivity contribution in [1.82, 2.24) is 4.57 Å². The molecule has 1 aliphatic carbocycles. The second-order valence-electron chi connectivity index (χ2n) is 7.58. The maximum Gasteiger partial charge on any atom is 0.341 e. The van der Waals surface area contributed by atoms with Crippen LogP contribution < -0.4 is 20.8 Å². The van der Waals surface area contributed by atoms with Crippen molar-refractivity contribution in [3.05, 3.63) is 45.5 Å². The van der Waals surface area contributed by atoms with Gasteiger partial charge in [-0.2, -0.15) is 0 Å². The number of carboxylic acid groups (broad SMARTS) is 1. The van der Waals surface area contributed by atoms with Crippen LogP contribution in [-0.2, 0) is 0 Å². The van der Waals surface area contributed by atoms with Crippen LogP contribution in [0.5, 0.6) is 5.75 Å². The predicted octanol–water partition coefficient (Wildman–Crippen LogP) is 2.67. The fourth-order valence-corrected chi connectivity index (χ4v) is 4.15. The first-order valence-corrected chi connectivity index (χ1v) is 9.77. The molecule has 0 radical (unpaired) electrons. The van der Waals surface area contributed by atoms with Gasteiger partial charge in [-0.1, -0.05) is 11.6 Å². The number of pyridine rings is 1. The first kappa shape index (κ1) is 19.4. The van der Waals surface area contributed by atoms with Crippen LogP contribution in [-0.4, -0.2) is 42.4 Å². The Morgan fingerprint density at radius 3 is 2.83 bits per heavy atom. The third-order valence-corrected chi connectivity index (χ3v) is 5.62. The summed E-state index contributed by atoms with van der Waals surface area (Å²) in [5.41, 5.74) is 6.48. The molecule has 0 atom stereocenters. The lowest BCUT2D eigenvalue weighted by molar-refractivity contribution is 0.0695. The molecule has 2 heterocycles. The van der Waals surface area contributed by atoms with Gasteiger partial charge in [0.15, 0.2) is 11.6 Å². The van der Waals surface area contributed by atoms with Crippen LogP contribution in [0, 0.1) is 5.82 Å². The number of nitrogens with two attached hydrogens (primary N) is 1. The minimum absolute atomic E-state index is 0.0321. The van der Waals surface area contributed by atoms with E-state index >= 15 is 4.39 Å². The highest BCUT2D eigenvalue weighted by atomic mass is 19.1. The number of carbonyl (C=O) groups is 1. The summed E-state index contributed by atoms with van der Waals surface area (Å²) in [4.78, 5) is 26.2. The van der Waals surface area contributed by atoms with Gasteiger partial charge in [0.05, 0.1) is 18.0 Å². The molecule has 1 saturated heterocycles. The molecule has 1 saturated carbocycles. The maximum atomic E-state index is 15.3. The maximum absolute atomic E-state index is 15.3. The molecule has 154 valence electrons. The van der Waals surface area contributed by atoms with E-state index in [1.807, 2.05) is 11.0 Å². The van der Waals surface area contributed by atoms with Gasteiger partial charge < -0.3 is 25.0 Å². The average molecular weight is 401 g/mol. The highest BCUT2D eigenvalue weighted by molar-refractivity contribution is 5.97. The van der Waals surface area contributed by atoms with Crippen molar-refractivity contribution in [2.75, 3.05) is 31.6 Å². The molecule has 0 amide bonds. The molecule has 4 rings (SSSR count). The van der Waals surface area contributed by atoms with E-state index in [9.17, 15) is 14.7 Å². The number of fused-ring (bicyclic) bond motifs is 1.